The van der Waals surface area contributed by atoms with Crippen LogP contribution in [-0.4, -0.2) is 48.5 Å². The molecule has 3 heterocycles. The maximum atomic E-state index is 13.1. The Kier molecular flexibility index (Phi) is 6.50. The van der Waals surface area contributed by atoms with Gasteiger partial charge >= 0.3 is 6.03 Å². The van der Waals surface area contributed by atoms with Crippen molar-refractivity contribution in [2.75, 3.05) is 20.2 Å². The predicted octanol–water partition coefficient (Wildman–Crippen LogP) is 4.02. The van der Waals surface area contributed by atoms with Gasteiger partial charge in [0.1, 0.15) is 17.0 Å². The van der Waals surface area contributed by atoms with E-state index >= 15 is 0 Å². The zero-order valence-corrected chi connectivity index (χ0v) is 20.2. The molecule has 3 aromatic rings. The van der Waals surface area contributed by atoms with E-state index in [0.717, 1.165) is 16.9 Å². The number of carbonyl (C=O) groups is 3. The standard InChI is InChI=1S/C28H29N3O5/c1-35-22-9-7-20(8-10-22)23-11-12-24(36-23)25(32)31-17-14-21(15-18-31)28(26(33)29-27(34)30-28)16-13-19-5-3-2-4-6-19/h2-12,21H,13-18H2,1H3,(H2,29,30,33,34). The van der Waals surface area contributed by atoms with Gasteiger partial charge in [-0.3, -0.25) is 14.9 Å². The number of benzene rings is 2. The number of methoxy groups -OCH3 is 1. The largest absolute Gasteiger partial charge is 0.497 e. The number of piperidine rings is 1. The van der Waals surface area contributed by atoms with E-state index < -0.39 is 11.6 Å². The van der Waals surface area contributed by atoms with Gasteiger partial charge in [0.15, 0.2) is 5.76 Å². The number of nitrogens with one attached hydrogen (secondary N) is 2. The van der Waals surface area contributed by atoms with E-state index in [1.807, 2.05) is 54.6 Å². The SMILES string of the molecule is COc1ccc(-c2ccc(C(=O)N3CCC(C4(CCc5ccccc5)NC(=O)NC4=O)CC3)o2)cc1. The average molecular weight is 488 g/mol. The topological polar surface area (TPSA) is 101 Å². The molecule has 2 aromatic carbocycles. The van der Waals surface area contributed by atoms with Gasteiger partial charge < -0.3 is 19.4 Å². The molecule has 4 amide bonds. The quantitative estimate of drug-likeness (QED) is 0.491. The molecule has 2 aliphatic rings. The normalized spacial score (nSPS) is 20.2. The van der Waals surface area contributed by atoms with Crippen molar-refractivity contribution in [1.82, 2.24) is 15.5 Å². The van der Waals surface area contributed by atoms with Crippen LogP contribution in [-0.2, 0) is 11.2 Å². The molecule has 2 N–H and O–H groups in total. The monoisotopic (exact) mass is 487 g/mol. The van der Waals surface area contributed by atoms with Crippen molar-refractivity contribution in [1.29, 1.82) is 0 Å². The fourth-order valence-electron chi connectivity index (χ4n) is 5.25. The van der Waals surface area contributed by atoms with Gasteiger partial charge in [0.05, 0.1) is 7.11 Å². The van der Waals surface area contributed by atoms with Crippen molar-refractivity contribution < 1.29 is 23.5 Å². The second kappa shape index (κ2) is 9.89. The number of furan rings is 1. The van der Waals surface area contributed by atoms with Gasteiger partial charge in [0, 0.05) is 18.7 Å². The molecule has 0 aliphatic carbocycles. The van der Waals surface area contributed by atoms with Crippen LogP contribution in [0.4, 0.5) is 4.79 Å². The number of aryl methyl sites for hydroxylation is 1. The van der Waals surface area contributed by atoms with E-state index in [2.05, 4.69) is 10.6 Å². The predicted molar refractivity (Wildman–Crippen MR) is 133 cm³/mol. The Balaban J connectivity index is 1.25. The number of carbonyl (C=O) groups excluding carboxylic acids is 3. The molecular formula is C28H29N3O5. The summed E-state index contributed by atoms with van der Waals surface area (Å²) in [6.45, 7) is 0.969. The lowest BCUT2D eigenvalue weighted by Crippen LogP contribution is -2.56. The molecule has 2 aliphatic heterocycles. The zero-order chi connectivity index (χ0) is 25.1. The Labute approximate surface area is 209 Å². The maximum absolute atomic E-state index is 13.1. The first-order valence-electron chi connectivity index (χ1n) is 12.2. The molecule has 5 rings (SSSR count). The van der Waals surface area contributed by atoms with Gasteiger partial charge in [-0.25, -0.2) is 4.79 Å². The number of imide groups is 1. The Bertz CT molecular complexity index is 1250. The number of nitrogens with zero attached hydrogens (tertiary/aromatic N) is 1. The number of urea groups is 1. The molecule has 1 atom stereocenters. The fourth-order valence-corrected chi connectivity index (χ4v) is 5.25. The highest BCUT2D eigenvalue weighted by Crippen LogP contribution is 2.35. The smallest absolute Gasteiger partial charge is 0.322 e. The molecule has 0 bridgehead atoms. The second-order valence-electron chi connectivity index (χ2n) is 9.32. The number of hydrogen-bond acceptors (Lipinski definition) is 5. The van der Waals surface area contributed by atoms with Crippen LogP contribution in [0.15, 0.2) is 71.1 Å². The first kappa shape index (κ1) is 23.7. The molecular weight excluding hydrogens is 458 g/mol. The average Bonchev–Trinajstić information content (AvgIpc) is 3.52. The van der Waals surface area contributed by atoms with Gasteiger partial charge in [-0.15, -0.1) is 0 Å². The first-order valence-corrected chi connectivity index (χ1v) is 12.2. The molecule has 1 aromatic heterocycles. The van der Waals surface area contributed by atoms with Crippen LogP contribution in [0.2, 0.25) is 0 Å². The fraction of sp³-hybridized carbons (Fsp3) is 0.321. The number of hydrogen-bond donors (Lipinski definition) is 2. The van der Waals surface area contributed by atoms with E-state index in [4.69, 9.17) is 9.15 Å². The molecule has 1 unspecified atom stereocenters. The van der Waals surface area contributed by atoms with Crippen molar-refractivity contribution in [3.63, 3.8) is 0 Å². The van der Waals surface area contributed by atoms with E-state index in [1.165, 1.54) is 0 Å². The molecule has 186 valence electrons. The first-order chi connectivity index (χ1) is 17.5. The summed E-state index contributed by atoms with van der Waals surface area (Å²) in [4.78, 5) is 40.0. The minimum atomic E-state index is -0.964. The summed E-state index contributed by atoms with van der Waals surface area (Å²) in [6, 6.07) is 20.4. The lowest BCUT2D eigenvalue weighted by molar-refractivity contribution is -0.126. The van der Waals surface area contributed by atoms with E-state index in [-0.39, 0.29) is 23.5 Å². The number of rotatable bonds is 7. The molecule has 8 nitrogen and oxygen atoms in total. The van der Waals surface area contributed by atoms with Gasteiger partial charge in [0.25, 0.3) is 11.8 Å². The van der Waals surface area contributed by atoms with Crippen LogP contribution in [0.5, 0.6) is 5.75 Å². The number of likely N-dealkylation sites (tertiary alicyclic amines) is 1. The Hall–Kier alpha value is -4.07. The van der Waals surface area contributed by atoms with Crippen LogP contribution in [0.25, 0.3) is 11.3 Å². The van der Waals surface area contributed by atoms with Crippen LogP contribution in [0.1, 0.15) is 35.4 Å². The Morgan fingerprint density at radius 3 is 2.39 bits per heavy atom. The van der Waals surface area contributed by atoms with Gasteiger partial charge in [-0.2, -0.15) is 0 Å². The highest BCUT2D eigenvalue weighted by Gasteiger charge is 2.52. The molecule has 36 heavy (non-hydrogen) atoms. The summed E-state index contributed by atoms with van der Waals surface area (Å²) < 4.78 is 11.1. The number of amides is 4. The molecule has 0 saturated carbocycles. The third-order valence-electron chi connectivity index (χ3n) is 7.29. The van der Waals surface area contributed by atoms with E-state index in [9.17, 15) is 14.4 Å². The molecule has 0 radical (unpaired) electrons. The molecule has 2 fully saturated rings. The lowest BCUT2D eigenvalue weighted by atomic mass is 9.74. The van der Waals surface area contributed by atoms with Gasteiger partial charge in [0.2, 0.25) is 0 Å². The van der Waals surface area contributed by atoms with Gasteiger partial charge in [-0.05, 0) is 73.6 Å². The highest BCUT2D eigenvalue weighted by atomic mass is 16.5. The molecule has 0 spiro atoms. The van der Waals surface area contributed by atoms with Crippen molar-refractivity contribution in [3.8, 4) is 17.1 Å². The maximum Gasteiger partial charge on any atom is 0.322 e. The minimum Gasteiger partial charge on any atom is -0.497 e. The van der Waals surface area contributed by atoms with Crippen LogP contribution in [0, 0.1) is 5.92 Å². The van der Waals surface area contributed by atoms with Crippen LogP contribution < -0.4 is 15.4 Å². The third kappa shape index (κ3) is 4.58. The third-order valence-corrected chi connectivity index (χ3v) is 7.29. The van der Waals surface area contributed by atoms with Crippen molar-refractivity contribution in [2.45, 2.75) is 31.2 Å². The number of ether oxygens (including phenoxy) is 1. The van der Waals surface area contributed by atoms with Gasteiger partial charge in [-0.1, -0.05) is 30.3 Å². The summed E-state index contributed by atoms with van der Waals surface area (Å²) in [7, 11) is 1.61. The van der Waals surface area contributed by atoms with Crippen molar-refractivity contribution >= 4 is 17.8 Å². The van der Waals surface area contributed by atoms with E-state index in [0.29, 0.717) is 44.5 Å². The second-order valence-corrected chi connectivity index (χ2v) is 9.32. The Morgan fingerprint density at radius 1 is 1.03 bits per heavy atom. The summed E-state index contributed by atoms with van der Waals surface area (Å²) in [5.74, 6) is 1.13. The van der Waals surface area contributed by atoms with Crippen LogP contribution >= 0.6 is 0 Å². The lowest BCUT2D eigenvalue weighted by Gasteiger charge is -2.40. The van der Waals surface area contributed by atoms with Crippen LogP contribution in [0.3, 0.4) is 0 Å². The van der Waals surface area contributed by atoms with Crippen molar-refractivity contribution in [3.05, 3.63) is 78.1 Å². The summed E-state index contributed by atoms with van der Waals surface area (Å²) in [6.07, 6.45) is 2.41. The summed E-state index contributed by atoms with van der Waals surface area (Å²) >= 11 is 0. The minimum absolute atomic E-state index is 0.0665. The highest BCUT2D eigenvalue weighted by molar-refractivity contribution is 6.07. The summed E-state index contributed by atoms with van der Waals surface area (Å²) in [5, 5.41) is 5.37. The molecule has 2 saturated heterocycles. The Morgan fingerprint density at radius 2 is 1.75 bits per heavy atom. The summed E-state index contributed by atoms with van der Waals surface area (Å²) in [5.41, 5.74) is 1.01. The van der Waals surface area contributed by atoms with Crippen molar-refractivity contribution in [2.24, 2.45) is 5.92 Å². The zero-order valence-electron chi connectivity index (χ0n) is 20.2. The molecule has 8 heteroatoms. The van der Waals surface area contributed by atoms with E-state index in [1.54, 1.807) is 24.1 Å².